The third-order valence-corrected chi connectivity index (χ3v) is 5.29. The second-order valence-electron chi connectivity index (χ2n) is 6.62. The molecule has 7 nitrogen and oxygen atoms in total. The van der Waals surface area contributed by atoms with Crippen molar-refractivity contribution < 1.29 is 14.3 Å². The maximum Gasteiger partial charge on any atom is 0.247 e. The van der Waals surface area contributed by atoms with Gasteiger partial charge in [-0.05, 0) is 36.6 Å². The van der Waals surface area contributed by atoms with Crippen LogP contribution in [-0.4, -0.2) is 34.0 Å². The predicted molar refractivity (Wildman–Crippen MR) is 119 cm³/mol. The van der Waals surface area contributed by atoms with Crippen LogP contribution in [0.4, 0.5) is 5.69 Å². The van der Waals surface area contributed by atoms with E-state index in [2.05, 4.69) is 21.1 Å². The Morgan fingerprint density at radius 3 is 2.71 bits per heavy atom. The molecule has 1 aliphatic rings. The number of para-hydroxylation sites is 1. The number of thioether (sulfide) groups is 1. The Hall–Kier alpha value is -3.57. The van der Waals surface area contributed by atoms with E-state index in [-0.39, 0.29) is 12.5 Å². The highest BCUT2D eigenvalue weighted by atomic mass is 32.2. The molecule has 0 fully saturated rings. The van der Waals surface area contributed by atoms with Crippen molar-refractivity contribution in [1.82, 2.24) is 15.2 Å². The van der Waals surface area contributed by atoms with E-state index in [1.54, 1.807) is 17.0 Å². The number of anilines is 1. The van der Waals surface area contributed by atoms with E-state index < -0.39 is 6.23 Å². The number of fused-ring (bicyclic) bond motifs is 3. The van der Waals surface area contributed by atoms with Crippen molar-refractivity contribution in [3.63, 3.8) is 0 Å². The van der Waals surface area contributed by atoms with Crippen molar-refractivity contribution in [2.75, 3.05) is 17.8 Å². The number of aromatic nitrogens is 3. The zero-order valence-electron chi connectivity index (χ0n) is 17.1. The molecule has 4 rings (SSSR count). The maximum absolute atomic E-state index is 13.1. The normalized spacial score (nSPS) is 14.5. The first-order chi connectivity index (χ1) is 15.2. The van der Waals surface area contributed by atoms with E-state index in [1.807, 2.05) is 49.6 Å². The summed E-state index contributed by atoms with van der Waals surface area (Å²) in [5.41, 5.74) is 2.70. The number of terminal acetylenes is 1. The standard InChI is InChI=1S/C23H20N4O3S/c1-4-14-29-16-12-10-15(11-13-16)22-27(19(28)5-2)18-9-7-6-8-17(18)20-21(30-22)24-23(31-3)26-25-20/h1,6-13,22H,5,14H2,2-3H3. The molecule has 0 saturated carbocycles. The molecule has 1 unspecified atom stereocenters. The topological polar surface area (TPSA) is 77.4 Å². The van der Waals surface area contributed by atoms with Gasteiger partial charge in [-0.2, -0.15) is 4.98 Å². The first-order valence-electron chi connectivity index (χ1n) is 9.69. The SMILES string of the molecule is C#CCOc1ccc(C2Oc3nc(SC)nnc3-c3ccccc3N2C(=O)CC)cc1. The Bertz CT molecular complexity index is 1140. The minimum Gasteiger partial charge on any atom is -0.481 e. The molecule has 2 heterocycles. The lowest BCUT2D eigenvalue weighted by molar-refractivity contribution is -0.120. The molecule has 0 bridgehead atoms. The molecule has 156 valence electrons. The number of rotatable bonds is 5. The minimum atomic E-state index is -0.733. The number of benzene rings is 2. The summed E-state index contributed by atoms with van der Waals surface area (Å²) in [6.45, 7) is 2.00. The lowest BCUT2D eigenvalue weighted by atomic mass is 10.1. The zero-order chi connectivity index (χ0) is 21.8. The fraction of sp³-hybridized carbons (Fsp3) is 0.217. The Kier molecular flexibility index (Phi) is 6.05. The summed E-state index contributed by atoms with van der Waals surface area (Å²) in [4.78, 5) is 19.3. The van der Waals surface area contributed by atoms with E-state index in [0.717, 1.165) is 11.1 Å². The molecule has 2 aromatic carbocycles. The lowest BCUT2D eigenvalue weighted by Crippen LogP contribution is -2.37. The van der Waals surface area contributed by atoms with Crippen molar-refractivity contribution in [3.05, 3.63) is 54.1 Å². The molecule has 0 aliphatic carbocycles. The van der Waals surface area contributed by atoms with E-state index in [1.165, 1.54) is 11.8 Å². The number of nitrogens with zero attached hydrogens (tertiary/aromatic N) is 4. The van der Waals surface area contributed by atoms with Gasteiger partial charge in [-0.15, -0.1) is 16.6 Å². The van der Waals surface area contributed by atoms with Gasteiger partial charge in [-0.1, -0.05) is 42.8 Å². The van der Waals surface area contributed by atoms with Crippen LogP contribution in [0.15, 0.2) is 53.7 Å². The van der Waals surface area contributed by atoms with Crippen LogP contribution in [0, 0.1) is 12.3 Å². The van der Waals surface area contributed by atoms with E-state index >= 15 is 0 Å². The van der Waals surface area contributed by atoms with E-state index in [4.69, 9.17) is 15.9 Å². The Balaban J connectivity index is 1.86. The molecule has 31 heavy (non-hydrogen) atoms. The predicted octanol–water partition coefficient (Wildman–Crippen LogP) is 4.11. The third kappa shape index (κ3) is 4.05. The fourth-order valence-electron chi connectivity index (χ4n) is 3.31. The molecule has 1 atom stereocenters. The van der Waals surface area contributed by atoms with Crippen LogP contribution >= 0.6 is 11.8 Å². The maximum atomic E-state index is 13.1. The number of carbonyl (C=O) groups excluding carboxylic acids is 1. The fourth-order valence-corrected chi connectivity index (χ4v) is 3.61. The molecule has 0 spiro atoms. The minimum absolute atomic E-state index is 0.0871. The molecule has 1 aromatic heterocycles. The number of amides is 1. The van der Waals surface area contributed by atoms with Crippen LogP contribution in [0.3, 0.4) is 0 Å². The summed E-state index contributed by atoms with van der Waals surface area (Å²) in [7, 11) is 0. The van der Waals surface area contributed by atoms with Gasteiger partial charge >= 0.3 is 0 Å². The van der Waals surface area contributed by atoms with Crippen LogP contribution in [-0.2, 0) is 4.79 Å². The van der Waals surface area contributed by atoms with Gasteiger partial charge in [0.2, 0.25) is 23.2 Å². The lowest BCUT2D eigenvalue weighted by Gasteiger charge is -2.30. The molecule has 1 amide bonds. The second kappa shape index (κ2) is 9.06. The van der Waals surface area contributed by atoms with Crippen LogP contribution in [0.2, 0.25) is 0 Å². The first kappa shape index (κ1) is 20.7. The number of hydrogen-bond acceptors (Lipinski definition) is 7. The van der Waals surface area contributed by atoms with Crippen LogP contribution in [0.1, 0.15) is 25.1 Å². The zero-order valence-corrected chi connectivity index (χ0v) is 17.9. The average molecular weight is 433 g/mol. The van der Waals surface area contributed by atoms with Crippen molar-refractivity contribution in [3.8, 4) is 35.2 Å². The first-order valence-corrected chi connectivity index (χ1v) is 10.9. The summed E-state index contributed by atoms with van der Waals surface area (Å²) in [5.74, 6) is 3.32. The second-order valence-corrected chi connectivity index (χ2v) is 7.39. The Morgan fingerprint density at radius 2 is 2.00 bits per heavy atom. The van der Waals surface area contributed by atoms with Crippen LogP contribution in [0.25, 0.3) is 11.3 Å². The van der Waals surface area contributed by atoms with Gasteiger partial charge in [0, 0.05) is 17.5 Å². The van der Waals surface area contributed by atoms with Gasteiger partial charge in [0.05, 0.1) is 5.69 Å². The van der Waals surface area contributed by atoms with E-state index in [9.17, 15) is 4.79 Å². The molecule has 0 N–H and O–H groups in total. The summed E-state index contributed by atoms with van der Waals surface area (Å²) < 4.78 is 11.8. The highest BCUT2D eigenvalue weighted by molar-refractivity contribution is 7.98. The molecular weight excluding hydrogens is 412 g/mol. The van der Waals surface area contributed by atoms with Crippen molar-refractivity contribution >= 4 is 23.4 Å². The highest BCUT2D eigenvalue weighted by Crippen LogP contribution is 2.43. The quantitative estimate of drug-likeness (QED) is 0.444. The van der Waals surface area contributed by atoms with Crippen molar-refractivity contribution in [1.29, 1.82) is 0 Å². The van der Waals surface area contributed by atoms with Gasteiger partial charge in [0.15, 0.2) is 5.69 Å². The summed E-state index contributed by atoms with van der Waals surface area (Å²) in [5, 5.41) is 9.01. The molecule has 1 aliphatic heterocycles. The van der Waals surface area contributed by atoms with Crippen LogP contribution in [0.5, 0.6) is 11.6 Å². The number of hydrogen-bond donors (Lipinski definition) is 0. The summed E-state index contributed by atoms with van der Waals surface area (Å²) >= 11 is 1.37. The van der Waals surface area contributed by atoms with Gasteiger partial charge < -0.3 is 9.47 Å². The van der Waals surface area contributed by atoms with E-state index in [0.29, 0.717) is 34.6 Å². The number of carbonyl (C=O) groups is 1. The molecule has 8 heteroatoms. The monoisotopic (exact) mass is 432 g/mol. The van der Waals surface area contributed by atoms with Crippen molar-refractivity contribution in [2.24, 2.45) is 0 Å². The van der Waals surface area contributed by atoms with Gasteiger partial charge in [0.1, 0.15) is 12.4 Å². The van der Waals surface area contributed by atoms with Crippen LogP contribution < -0.4 is 14.4 Å². The molecular formula is C23H20N4O3S. The molecule has 0 radical (unpaired) electrons. The van der Waals surface area contributed by atoms with Gasteiger partial charge in [0.25, 0.3) is 0 Å². The highest BCUT2D eigenvalue weighted by Gasteiger charge is 2.35. The molecule has 3 aromatic rings. The Labute approximate surface area is 184 Å². The molecule has 0 saturated heterocycles. The third-order valence-electron chi connectivity index (χ3n) is 4.75. The summed E-state index contributed by atoms with van der Waals surface area (Å²) in [6, 6.07) is 14.8. The van der Waals surface area contributed by atoms with Gasteiger partial charge in [-0.25, -0.2) is 0 Å². The largest absolute Gasteiger partial charge is 0.481 e. The Morgan fingerprint density at radius 1 is 1.23 bits per heavy atom. The number of ether oxygens (including phenoxy) is 2. The summed E-state index contributed by atoms with van der Waals surface area (Å²) in [6.07, 6.45) is 6.71. The van der Waals surface area contributed by atoms with Crippen molar-refractivity contribution in [2.45, 2.75) is 24.7 Å². The van der Waals surface area contributed by atoms with Gasteiger partial charge in [-0.3, -0.25) is 9.69 Å². The average Bonchev–Trinajstić information content (AvgIpc) is 2.96. The smallest absolute Gasteiger partial charge is 0.247 e.